The van der Waals surface area contributed by atoms with Crippen LogP contribution in [-0.2, 0) is 0 Å². The summed E-state index contributed by atoms with van der Waals surface area (Å²) in [5, 5.41) is 6.90. The smallest absolute Gasteiger partial charge is 0.158 e. The van der Waals surface area contributed by atoms with Gasteiger partial charge in [-0.2, -0.15) is 5.10 Å². The van der Waals surface area contributed by atoms with Gasteiger partial charge in [0.25, 0.3) is 0 Å². The van der Waals surface area contributed by atoms with Crippen LogP contribution >= 0.6 is 11.3 Å². The van der Waals surface area contributed by atoms with Gasteiger partial charge in [-0.25, -0.2) is 9.67 Å². The fourth-order valence-electron chi connectivity index (χ4n) is 2.90. The molecule has 0 amide bonds. The van der Waals surface area contributed by atoms with Crippen LogP contribution in [0.2, 0.25) is 0 Å². The Morgan fingerprint density at radius 1 is 1.04 bits per heavy atom. The van der Waals surface area contributed by atoms with E-state index in [9.17, 15) is 0 Å². The molecule has 0 radical (unpaired) electrons. The highest BCUT2D eigenvalue weighted by atomic mass is 32.1. The fraction of sp³-hybridized carbons (Fsp3) is 0. The molecule has 2 N–H and O–H groups in total. The summed E-state index contributed by atoms with van der Waals surface area (Å²) in [5.74, 6) is 2.34. The number of H-pyrrole nitrogens is 2. The van der Waals surface area contributed by atoms with E-state index in [4.69, 9.17) is 9.52 Å². The summed E-state index contributed by atoms with van der Waals surface area (Å²) >= 11 is 1.66. The molecular formula is C18H13N5OS. The molecular weight excluding hydrogens is 334 g/mol. The normalized spacial score (nSPS) is 11.2. The van der Waals surface area contributed by atoms with Crippen LogP contribution in [0.3, 0.4) is 0 Å². The molecule has 122 valence electrons. The molecule has 0 aliphatic carbocycles. The first-order valence-corrected chi connectivity index (χ1v) is 8.64. The molecule has 0 aromatic carbocycles. The lowest BCUT2D eigenvalue weighted by Gasteiger charge is -2.05. The van der Waals surface area contributed by atoms with Gasteiger partial charge in [0.1, 0.15) is 17.2 Å². The summed E-state index contributed by atoms with van der Waals surface area (Å²) in [5.41, 5.74) is 2.67. The minimum atomic E-state index is 0.724. The quantitative estimate of drug-likeness (QED) is 0.500. The summed E-state index contributed by atoms with van der Waals surface area (Å²) in [4.78, 5) is 11.9. The molecule has 0 unspecified atom stereocenters. The minimum Gasteiger partial charge on any atom is -0.463 e. The molecule has 5 rings (SSSR count). The van der Waals surface area contributed by atoms with Crippen molar-refractivity contribution in [3.8, 4) is 39.2 Å². The Kier molecular flexibility index (Phi) is 3.17. The second-order valence-electron chi connectivity index (χ2n) is 5.43. The number of furan rings is 1. The van der Waals surface area contributed by atoms with Gasteiger partial charge < -0.3 is 14.4 Å². The van der Waals surface area contributed by atoms with E-state index in [0.29, 0.717) is 0 Å². The lowest BCUT2D eigenvalue weighted by atomic mass is 10.1. The molecule has 0 saturated carbocycles. The van der Waals surface area contributed by atoms with Crippen molar-refractivity contribution < 1.29 is 4.42 Å². The molecule has 0 fully saturated rings. The van der Waals surface area contributed by atoms with E-state index in [0.717, 1.165) is 39.2 Å². The van der Waals surface area contributed by atoms with Crippen molar-refractivity contribution in [3.63, 3.8) is 0 Å². The maximum Gasteiger partial charge on any atom is 0.158 e. The Labute approximate surface area is 146 Å². The monoisotopic (exact) mass is 347 g/mol. The van der Waals surface area contributed by atoms with E-state index in [2.05, 4.69) is 26.4 Å². The van der Waals surface area contributed by atoms with Gasteiger partial charge in [-0.3, -0.25) is 0 Å². The number of aromatic nitrogens is 5. The first kappa shape index (κ1) is 14.1. The highest BCUT2D eigenvalue weighted by molar-refractivity contribution is 7.13. The number of thiophene rings is 1. The van der Waals surface area contributed by atoms with Crippen LogP contribution in [0.5, 0.6) is 0 Å². The highest BCUT2D eigenvalue weighted by Gasteiger charge is 2.26. The van der Waals surface area contributed by atoms with Gasteiger partial charge in [0.15, 0.2) is 11.6 Å². The van der Waals surface area contributed by atoms with Gasteiger partial charge in [-0.1, -0.05) is 6.07 Å². The van der Waals surface area contributed by atoms with Gasteiger partial charge in [0.2, 0.25) is 0 Å². The van der Waals surface area contributed by atoms with E-state index in [1.807, 2.05) is 41.2 Å². The zero-order valence-electron chi connectivity index (χ0n) is 13.0. The van der Waals surface area contributed by atoms with E-state index < -0.39 is 0 Å². The van der Waals surface area contributed by atoms with E-state index in [1.54, 1.807) is 30.0 Å². The third kappa shape index (κ3) is 2.25. The van der Waals surface area contributed by atoms with Crippen LogP contribution in [-0.4, -0.2) is 24.7 Å². The Balaban J connectivity index is 1.88. The zero-order valence-corrected chi connectivity index (χ0v) is 13.8. The number of rotatable bonds is 4. The largest absolute Gasteiger partial charge is 0.463 e. The molecule has 0 saturated heterocycles. The number of aromatic amines is 2. The number of hydrogen-bond acceptors (Lipinski definition) is 4. The van der Waals surface area contributed by atoms with E-state index in [1.165, 1.54) is 0 Å². The summed E-state index contributed by atoms with van der Waals surface area (Å²) in [6, 6.07) is 11.9. The van der Waals surface area contributed by atoms with E-state index in [-0.39, 0.29) is 0 Å². The summed E-state index contributed by atoms with van der Waals surface area (Å²) in [6.07, 6.45) is 7.08. The van der Waals surface area contributed by atoms with E-state index >= 15 is 0 Å². The van der Waals surface area contributed by atoms with Crippen molar-refractivity contribution >= 4 is 11.3 Å². The molecule has 0 bridgehead atoms. The molecule has 7 heteroatoms. The van der Waals surface area contributed by atoms with Crippen LogP contribution in [0.25, 0.3) is 39.2 Å². The number of nitrogens with one attached hydrogen (secondary N) is 2. The van der Waals surface area contributed by atoms with Crippen molar-refractivity contribution in [1.82, 2.24) is 24.7 Å². The van der Waals surface area contributed by atoms with Crippen LogP contribution in [0.4, 0.5) is 0 Å². The van der Waals surface area contributed by atoms with Crippen LogP contribution in [0, 0.1) is 0 Å². The molecule has 0 spiro atoms. The molecule has 0 aliphatic heterocycles. The van der Waals surface area contributed by atoms with Crippen molar-refractivity contribution in [2.75, 3.05) is 0 Å². The van der Waals surface area contributed by atoms with Gasteiger partial charge in [0, 0.05) is 23.5 Å². The summed E-state index contributed by atoms with van der Waals surface area (Å²) < 4.78 is 7.59. The average molecular weight is 347 g/mol. The van der Waals surface area contributed by atoms with Crippen molar-refractivity contribution in [2.24, 2.45) is 0 Å². The lowest BCUT2D eigenvalue weighted by molar-refractivity contribution is 0.576. The molecule has 0 atom stereocenters. The fourth-order valence-corrected chi connectivity index (χ4v) is 3.67. The Morgan fingerprint density at radius 3 is 2.72 bits per heavy atom. The Morgan fingerprint density at radius 2 is 2.04 bits per heavy atom. The Bertz CT molecular complexity index is 984. The third-order valence-corrected chi connectivity index (χ3v) is 4.83. The molecule has 6 nitrogen and oxygen atoms in total. The van der Waals surface area contributed by atoms with Gasteiger partial charge in [-0.05, 0) is 35.7 Å². The molecule has 0 aliphatic rings. The second kappa shape index (κ2) is 5.64. The molecule has 5 aromatic heterocycles. The first-order chi connectivity index (χ1) is 12.4. The van der Waals surface area contributed by atoms with Crippen molar-refractivity contribution in [3.05, 3.63) is 66.6 Å². The SMILES string of the molecule is c1c[nH]c(-n2nc(-c3ncc[nH]3)c(-c3cccs3)c2-c2ccco2)c1. The third-order valence-electron chi connectivity index (χ3n) is 3.94. The zero-order chi connectivity index (χ0) is 16.6. The van der Waals surface area contributed by atoms with Crippen LogP contribution in [0.15, 0.2) is 71.0 Å². The average Bonchev–Trinajstić information content (AvgIpc) is 3.48. The second-order valence-corrected chi connectivity index (χ2v) is 6.38. The number of hydrogen-bond donors (Lipinski definition) is 2. The molecule has 25 heavy (non-hydrogen) atoms. The standard InChI is InChI=1S/C18H13N5OS/c1-6-14(19-7-1)23-17(12-4-2-10-24-12)15(13-5-3-11-25-13)16(22-23)18-20-8-9-21-18/h1-11,19H,(H,20,21). The van der Waals surface area contributed by atoms with Crippen molar-refractivity contribution in [2.45, 2.75) is 0 Å². The van der Waals surface area contributed by atoms with Gasteiger partial charge in [0.05, 0.1) is 11.8 Å². The maximum atomic E-state index is 5.73. The van der Waals surface area contributed by atoms with Crippen LogP contribution in [0.1, 0.15) is 0 Å². The molecule has 5 aromatic rings. The maximum absolute atomic E-state index is 5.73. The molecule has 5 heterocycles. The van der Waals surface area contributed by atoms with Gasteiger partial charge >= 0.3 is 0 Å². The highest BCUT2D eigenvalue weighted by Crippen LogP contribution is 2.41. The predicted octanol–water partition coefficient (Wildman–Crippen LogP) is 4.58. The Hall–Kier alpha value is -3.32. The van der Waals surface area contributed by atoms with Crippen molar-refractivity contribution in [1.29, 1.82) is 0 Å². The van der Waals surface area contributed by atoms with Crippen LogP contribution < -0.4 is 0 Å². The predicted molar refractivity (Wildman–Crippen MR) is 96.5 cm³/mol. The minimum absolute atomic E-state index is 0.724. The summed E-state index contributed by atoms with van der Waals surface area (Å²) in [6.45, 7) is 0. The number of nitrogens with zero attached hydrogens (tertiary/aromatic N) is 3. The number of imidazole rings is 1. The summed E-state index contributed by atoms with van der Waals surface area (Å²) in [7, 11) is 0. The lowest BCUT2D eigenvalue weighted by Crippen LogP contribution is -1.99. The first-order valence-electron chi connectivity index (χ1n) is 7.76. The topological polar surface area (TPSA) is 75.4 Å². The van der Waals surface area contributed by atoms with Gasteiger partial charge in [-0.15, -0.1) is 11.3 Å².